The lowest BCUT2D eigenvalue weighted by Crippen LogP contribution is -2.77. The molecule has 1 N–H and O–H groups in total. The summed E-state index contributed by atoms with van der Waals surface area (Å²) in [6.07, 6.45) is 4.53. The Kier molecular flexibility index (Phi) is 4.62. The monoisotopic (exact) mass is 435 g/mol. The van der Waals surface area contributed by atoms with Gasteiger partial charge in [0.1, 0.15) is 6.10 Å². The van der Waals surface area contributed by atoms with Gasteiger partial charge in [0.15, 0.2) is 11.5 Å². The first-order valence-electron chi connectivity index (χ1n) is 11.9. The van der Waals surface area contributed by atoms with E-state index in [0.717, 1.165) is 50.1 Å². The highest BCUT2D eigenvalue weighted by atomic mass is 16.5. The second-order valence-electron chi connectivity index (χ2n) is 10.1. The molecule has 6 rings (SSSR count). The molecule has 32 heavy (non-hydrogen) atoms. The number of aliphatic hydroxyl groups is 1. The molecule has 2 bridgehead atoms. The number of nitrogens with zero attached hydrogens (tertiary/aromatic N) is 1. The molecule has 1 unspecified atom stereocenters. The van der Waals surface area contributed by atoms with Crippen molar-refractivity contribution in [1.82, 2.24) is 4.90 Å². The van der Waals surface area contributed by atoms with Crippen LogP contribution in [0.2, 0.25) is 0 Å². The standard InChI is InChI=1S/C27H33NO4/c1-28-14-13-26-22-19-15-18(10-9-17-7-5-4-6-8-17)23(30-2)24(22)32-25(26)20(29)11-12-27(26,31-3)21(28)16-19/h4-8,15,20-21,25,29H,9-14,16H2,1-3H3/t20?,21-,25+,26+,27-/m1/s1. The number of ether oxygens (including phenoxy) is 3. The second-order valence-corrected chi connectivity index (χ2v) is 10.1. The summed E-state index contributed by atoms with van der Waals surface area (Å²) in [5.41, 5.74) is 4.48. The van der Waals surface area contributed by atoms with E-state index in [9.17, 15) is 5.11 Å². The van der Waals surface area contributed by atoms with E-state index >= 15 is 0 Å². The minimum absolute atomic E-state index is 0.278. The number of piperidine rings is 1. The van der Waals surface area contributed by atoms with Crippen LogP contribution in [0, 0.1) is 0 Å². The maximum atomic E-state index is 11.1. The minimum Gasteiger partial charge on any atom is -0.493 e. The summed E-state index contributed by atoms with van der Waals surface area (Å²) in [5, 5.41) is 11.1. The fraction of sp³-hybridized carbons (Fsp3) is 0.556. The molecule has 2 aliphatic heterocycles. The van der Waals surface area contributed by atoms with E-state index < -0.39 is 6.10 Å². The first kappa shape index (κ1) is 20.5. The van der Waals surface area contributed by atoms with Gasteiger partial charge in [0.2, 0.25) is 0 Å². The van der Waals surface area contributed by atoms with Crippen molar-refractivity contribution in [2.45, 2.75) is 67.8 Å². The average molecular weight is 436 g/mol. The van der Waals surface area contributed by atoms with Gasteiger partial charge in [-0.1, -0.05) is 36.4 Å². The van der Waals surface area contributed by atoms with Crippen molar-refractivity contribution in [3.05, 3.63) is 58.7 Å². The van der Waals surface area contributed by atoms with Crippen molar-refractivity contribution in [2.75, 3.05) is 27.8 Å². The molecule has 1 saturated heterocycles. The van der Waals surface area contributed by atoms with Gasteiger partial charge in [0.25, 0.3) is 0 Å². The first-order valence-corrected chi connectivity index (χ1v) is 11.9. The number of benzene rings is 2. The molecule has 170 valence electrons. The predicted octanol–water partition coefficient (Wildman–Crippen LogP) is 3.28. The van der Waals surface area contributed by atoms with Crippen LogP contribution in [0.5, 0.6) is 11.5 Å². The molecule has 5 nitrogen and oxygen atoms in total. The highest BCUT2D eigenvalue weighted by Crippen LogP contribution is 2.66. The Balaban J connectivity index is 1.52. The zero-order valence-corrected chi connectivity index (χ0v) is 19.3. The van der Waals surface area contributed by atoms with Crippen molar-refractivity contribution >= 4 is 0 Å². The lowest BCUT2D eigenvalue weighted by atomic mass is 9.48. The SMILES string of the molecule is COc1c(CCc2ccccc2)cc2c3c1O[C@H]1C(O)CC[C@@]4(OC)[C@@H](C2)N(C)CC[C@]314. The molecule has 5 atom stereocenters. The molecular formula is C27H33NO4. The third kappa shape index (κ3) is 2.45. The Morgan fingerprint density at radius 1 is 1.16 bits per heavy atom. The maximum Gasteiger partial charge on any atom is 0.166 e. The number of likely N-dealkylation sites (tertiary alicyclic amines) is 1. The molecule has 5 heteroatoms. The minimum atomic E-state index is -0.488. The molecule has 1 saturated carbocycles. The van der Waals surface area contributed by atoms with E-state index in [0.29, 0.717) is 6.42 Å². The molecular weight excluding hydrogens is 402 g/mol. The number of likely N-dealkylation sites (N-methyl/N-ethyl adjacent to an activating group) is 1. The smallest absolute Gasteiger partial charge is 0.166 e. The van der Waals surface area contributed by atoms with Crippen molar-refractivity contribution < 1.29 is 19.3 Å². The van der Waals surface area contributed by atoms with Crippen LogP contribution in [-0.4, -0.2) is 61.7 Å². The van der Waals surface area contributed by atoms with Crippen LogP contribution in [0.15, 0.2) is 36.4 Å². The number of hydrogen-bond acceptors (Lipinski definition) is 5. The fourth-order valence-electron chi connectivity index (χ4n) is 7.57. The van der Waals surface area contributed by atoms with Gasteiger partial charge < -0.3 is 24.2 Å². The summed E-state index contributed by atoms with van der Waals surface area (Å²) in [7, 11) is 5.82. The van der Waals surface area contributed by atoms with Gasteiger partial charge in [-0.15, -0.1) is 0 Å². The quantitative estimate of drug-likeness (QED) is 0.781. The molecule has 0 aromatic heterocycles. The zero-order valence-electron chi connectivity index (χ0n) is 19.3. The van der Waals surface area contributed by atoms with Crippen molar-refractivity contribution in [3.63, 3.8) is 0 Å². The summed E-state index contributed by atoms with van der Waals surface area (Å²) in [4.78, 5) is 2.47. The molecule has 2 aromatic carbocycles. The Bertz CT molecular complexity index is 1040. The van der Waals surface area contributed by atoms with Crippen molar-refractivity contribution in [2.24, 2.45) is 0 Å². The lowest BCUT2D eigenvalue weighted by Gasteiger charge is -2.64. The first-order chi connectivity index (χ1) is 15.6. The van der Waals surface area contributed by atoms with Gasteiger partial charge in [-0.3, -0.25) is 0 Å². The van der Waals surface area contributed by atoms with E-state index in [2.05, 4.69) is 48.3 Å². The second kappa shape index (κ2) is 7.21. The summed E-state index contributed by atoms with van der Waals surface area (Å²) < 4.78 is 19.1. The molecule has 2 heterocycles. The van der Waals surface area contributed by atoms with Gasteiger partial charge in [-0.05, 0) is 68.8 Å². The highest BCUT2D eigenvalue weighted by Gasteiger charge is 2.73. The summed E-state index contributed by atoms with van der Waals surface area (Å²) in [5.74, 6) is 1.71. The summed E-state index contributed by atoms with van der Waals surface area (Å²) >= 11 is 0. The Morgan fingerprint density at radius 3 is 2.72 bits per heavy atom. The number of aliphatic hydroxyl groups excluding tert-OH is 1. The normalized spacial score (nSPS) is 34.7. The van der Waals surface area contributed by atoms with Crippen LogP contribution in [0.4, 0.5) is 0 Å². The molecule has 2 aromatic rings. The van der Waals surface area contributed by atoms with Crippen molar-refractivity contribution in [1.29, 1.82) is 0 Å². The summed E-state index contributed by atoms with van der Waals surface area (Å²) in [6, 6.07) is 13.2. The molecule has 0 amide bonds. The van der Waals surface area contributed by atoms with Crippen LogP contribution >= 0.6 is 0 Å². The van der Waals surface area contributed by atoms with E-state index in [1.165, 1.54) is 22.3 Å². The van der Waals surface area contributed by atoms with Crippen molar-refractivity contribution in [3.8, 4) is 11.5 Å². The predicted molar refractivity (Wildman–Crippen MR) is 123 cm³/mol. The number of rotatable bonds is 5. The molecule has 0 radical (unpaired) electrons. The third-order valence-electron chi connectivity index (χ3n) is 8.92. The van der Waals surface area contributed by atoms with E-state index in [4.69, 9.17) is 14.2 Å². The number of methoxy groups -OCH3 is 2. The Hall–Kier alpha value is -2.08. The van der Waals surface area contributed by atoms with Gasteiger partial charge in [-0.25, -0.2) is 0 Å². The van der Waals surface area contributed by atoms with E-state index in [-0.39, 0.29) is 23.2 Å². The zero-order chi connectivity index (χ0) is 22.1. The molecule has 1 spiro atoms. The summed E-state index contributed by atoms with van der Waals surface area (Å²) in [6.45, 7) is 0.985. The number of aryl methyl sites for hydroxylation is 2. The topological polar surface area (TPSA) is 51.2 Å². The van der Waals surface area contributed by atoms with Crippen LogP contribution < -0.4 is 9.47 Å². The van der Waals surface area contributed by atoms with Crippen LogP contribution in [0.1, 0.15) is 41.5 Å². The van der Waals surface area contributed by atoms with Crippen LogP contribution in [-0.2, 0) is 29.4 Å². The number of hydrogen-bond donors (Lipinski definition) is 1. The van der Waals surface area contributed by atoms with Gasteiger partial charge in [0.05, 0.1) is 24.2 Å². The largest absolute Gasteiger partial charge is 0.493 e. The molecule has 4 aliphatic rings. The fourth-order valence-corrected chi connectivity index (χ4v) is 7.57. The van der Waals surface area contributed by atoms with Crippen LogP contribution in [0.3, 0.4) is 0 Å². The highest BCUT2D eigenvalue weighted by molar-refractivity contribution is 5.65. The van der Waals surface area contributed by atoms with Crippen LogP contribution in [0.25, 0.3) is 0 Å². The van der Waals surface area contributed by atoms with E-state index in [1.54, 1.807) is 7.11 Å². The Labute approximate surface area is 190 Å². The maximum absolute atomic E-state index is 11.1. The van der Waals surface area contributed by atoms with E-state index in [1.807, 2.05) is 7.11 Å². The van der Waals surface area contributed by atoms with Gasteiger partial charge in [0, 0.05) is 18.7 Å². The molecule has 2 fully saturated rings. The average Bonchev–Trinajstić information content (AvgIpc) is 3.17. The third-order valence-corrected chi connectivity index (χ3v) is 8.92. The Morgan fingerprint density at radius 2 is 1.97 bits per heavy atom. The molecule has 2 aliphatic carbocycles. The lowest BCUT2D eigenvalue weighted by molar-refractivity contribution is -0.218. The van der Waals surface area contributed by atoms with Gasteiger partial charge in [-0.2, -0.15) is 0 Å². The van der Waals surface area contributed by atoms with Gasteiger partial charge >= 0.3 is 0 Å².